The zero-order valence-corrected chi connectivity index (χ0v) is 17.2. The number of hydrogen-bond acceptors (Lipinski definition) is 4. The van der Waals surface area contributed by atoms with Crippen molar-refractivity contribution in [3.05, 3.63) is 47.2 Å². The van der Waals surface area contributed by atoms with Crippen LogP contribution in [0.3, 0.4) is 0 Å². The number of aromatic nitrogens is 2. The summed E-state index contributed by atoms with van der Waals surface area (Å²) in [6, 6.07) is 10.1. The summed E-state index contributed by atoms with van der Waals surface area (Å²) in [4.78, 5) is 12.9. The van der Waals surface area contributed by atoms with Gasteiger partial charge in [-0.3, -0.25) is 9.48 Å². The first-order valence-electron chi connectivity index (χ1n) is 9.64. The smallest absolute Gasteiger partial charge is 0.178 e. The van der Waals surface area contributed by atoms with Crippen LogP contribution < -0.4 is 4.74 Å². The van der Waals surface area contributed by atoms with E-state index in [4.69, 9.17) is 9.84 Å². The maximum atomic E-state index is 12.9. The molecule has 1 unspecified atom stereocenters. The fourth-order valence-corrected chi connectivity index (χ4v) is 3.91. The highest BCUT2D eigenvalue weighted by atomic mass is 16.5. The number of Topliss-reactive ketones (excluding diaryl/α,β-unsaturated/α-hetero) is 1. The van der Waals surface area contributed by atoms with Crippen LogP contribution in [0.2, 0.25) is 0 Å². The summed E-state index contributed by atoms with van der Waals surface area (Å²) in [7, 11) is 3.61. The number of carbonyl (C=O) groups is 1. The van der Waals surface area contributed by atoms with Gasteiger partial charge in [0.15, 0.2) is 5.78 Å². The van der Waals surface area contributed by atoms with E-state index in [0.717, 1.165) is 41.1 Å². The average molecular weight is 377 g/mol. The Balaban J connectivity index is 2.17. The standard InChI is InChI=1S/C23H27N3O2/c1-15-10-12-17-19(13-11-16(14-24)22(27)23(15,2)3)25-26(4)21(17)18-8-6-7-9-20(18)28-5/h6-9,11,15H,10,12-13H2,1-5H3. The van der Waals surface area contributed by atoms with Gasteiger partial charge in [0.2, 0.25) is 0 Å². The molecule has 0 spiro atoms. The molecular formula is C23H27N3O2. The van der Waals surface area contributed by atoms with Gasteiger partial charge in [0.05, 0.1) is 24.1 Å². The number of benzene rings is 1. The Hall–Kier alpha value is -2.87. The van der Waals surface area contributed by atoms with E-state index in [2.05, 4.69) is 13.0 Å². The fraction of sp³-hybridized carbons (Fsp3) is 0.435. The summed E-state index contributed by atoms with van der Waals surface area (Å²) in [5.74, 6) is 0.863. The van der Waals surface area contributed by atoms with Crippen LogP contribution in [0.4, 0.5) is 0 Å². The number of aryl methyl sites for hydroxylation is 1. The number of fused-ring (bicyclic) bond motifs is 1. The average Bonchev–Trinajstić information content (AvgIpc) is 3.00. The molecule has 5 nitrogen and oxygen atoms in total. The predicted molar refractivity (Wildman–Crippen MR) is 109 cm³/mol. The van der Waals surface area contributed by atoms with E-state index < -0.39 is 5.41 Å². The highest BCUT2D eigenvalue weighted by molar-refractivity contribution is 6.02. The molecule has 1 aliphatic carbocycles. The van der Waals surface area contributed by atoms with E-state index in [1.807, 2.05) is 49.8 Å². The number of para-hydroxylation sites is 1. The van der Waals surface area contributed by atoms with Gasteiger partial charge >= 0.3 is 0 Å². The van der Waals surface area contributed by atoms with Crippen LogP contribution in [0, 0.1) is 22.7 Å². The molecule has 0 radical (unpaired) electrons. The first-order chi connectivity index (χ1) is 13.3. The minimum atomic E-state index is -0.578. The number of methoxy groups -OCH3 is 1. The summed E-state index contributed by atoms with van der Waals surface area (Å²) in [6.45, 7) is 5.98. The van der Waals surface area contributed by atoms with Crippen LogP contribution in [0.1, 0.15) is 38.4 Å². The van der Waals surface area contributed by atoms with Gasteiger partial charge in [0, 0.05) is 30.0 Å². The molecule has 0 fully saturated rings. The lowest BCUT2D eigenvalue weighted by molar-refractivity contribution is -0.125. The summed E-state index contributed by atoms with van der Waals surface area (Å²) in [6.07, 6.45) is 3.87. The van der Waals surface area contributed by atoms with Crippen LogP contribution in [0.5, 0.6) is 5.75 Å². The zero-order chi connectivity index (χ0) is 20.5. The van der Waals surface area contributed by atoms with E-state index in [-0.39, 0.29) is 17.3 Å². The third kappa shape index (κ3) is 3.35. The van der Waals surface area contributed by atoms with Gasteiger partial charge in [-0.15, -0.1) is 0 Å². The molecule has 146 valence electrons. The lowest BCUT2D eigenvalue weighted by Gasteiger charge is -2.30. The van der Waals surface area contributed by atoms with Crippen molar-refractivity contribution in [3.63, 3.8) is 0 Å². The molecule has 0 saturated carbocycles. The topological polar surface area (TPSA) is 67.9 Å². The molecule has 1 aromatic carbocycles. The Kier molecular flexibility index (Phi) is 5.42. The van der Waals surface area contributed by atoms with Gasteiger partial charge in [0.1, 0.15) is 11.8 Å². The maximum Gasteiger partial charge on any atom is 0.178 e. The molecule has 1 atom stereocenters. The first kappa shape index (κ1) is 19.9. The van der Waals surface area contributed by atoms with E-state index in [0.29, 0.717) is 6.42 Å². The lowest BCUT2D eigenvalue weighted by atomic mass is 9.71. The summed E-state index contributed by atoms with van der Waals surface area (Å²) in [5, 5.41) is 14.3. The molecule has 0 saturated heterocycles. The van der Waals surface area contributed by atoms with Crippen molar-refractivity contribution >= 4 is 5.78 Å². The Morgan fingerprint density at radius 1 is 1.32 bits per heavy atom. The molecule has 2 aromatic rings. The van der Waals surface area contributed by atoms with Crippen molar-refractivity contribution < 1.29 is 9.53 Å². The Labute approximate surface area is 166 Å². The Morgan fingerprint density at radius 2 is 2.04 bits per heavy atom. The molecular weight excluding hydrogens is 350 g/mol. The summed E-state index contributed by atoms with van der Waals surface area (Å²) < 4.78 is 7.46. The third-order valence-electron chi connectivity index (χ3n) is 6.10. The van der Waals surface area contributed by atoms with Gasteiger partial charge in [-0.1, -0.05) is 39.0 Å². The zero-order valence-electron chi connectivity index (χ0n) is 17.2. The second-order valence-corrected chi connectivity index (χ2v) is 8.02. The molecule has 0 amide bonds. The second kappa shape index (κ2) is 7.63. The molecule has 1 aromatic heterocycles. The van der Waals surface area contributed by atoms with E-state index >= 15 is 0 Å². The number of rotatable bonds is 2. The van der Waals surface area contributed by atoms with Crippen molar-refractivity contribution in [3.8, 4) is 23.1 Å². The number of nitrogens with zero attached hydrogens (tertiary/aromatic N) is 3. The highest BCUT2D eigenvalue weighted by Gasteiger charge is 2.36. The van der Waals surface area contributed by atoms with Gasteiger partial charge in [-0.2, -0.15) is 10.4 Å². The lowest BCUT2D eigenvalue weighted by Crippen LogP contribution is -2.33. The maximum absolute atomic E-state index is 12.9. The van der Waals surface area contributed by atoms with Gasteiger partial charge in [-0.05, 0) is 30.9 Å². The van der Waals surface area contributed by atoms with Gasteiger partial charge in [0.25, 0.3) is 0 Å². The quantitative estimate of drug-likeness (QED) is 0.784. The number of hydrogen-bond donors (Lipinski definition) is 0. The van der Waals surface area contributed by atoms with Crippen LogP contribution in [0.25, 0.3) is 11.3 Å². The minimum absolute atomic E-state index is 0.0770. The van der Waals surface area contributed by atoms with E-state index in [1.54, 1.807) is 13.2 Å². The number of allylic oxidation sites excluding steroid dienone is 2. The van der Waals surface area contributed by atoms with Crippen LogP contribution in [-0.2, 0) is 24.7 Å². The van der Waals surface area contributed by atoms with Gasteiger partial charge in [-0.25, -0.2) is 0 Å². The number of ketones is 1. The van der Waals surface area contributed by atoms with Crippen LogP contribution in [0.15, 0.2) is 35.9 Å². The molecule has 3 rings (SSSR count). The molecule has 1 aliphatic rings. The summed E-state index contributed by atoms with van der Waals surface area (Å²) in [5.41, 5.74) is 3.77. The van der Waals surface area contributed by atoms with E-state index in [1.165, 1.54) is 0 Å². The predicted octanol–water partition coefficient (Wildman–Crippen LogP) is 4.27. The normalized spacial score (nSPS) is 19.4. The van der Waals surface area contributed by atoms with Crippen molar-refractivity contribution in [2.75, 3.05) is 7.11 Å². The number of nitriles is 1. The Bertz CT molecular complexity index is 976. The van der Waals surface area contributed by atoms with Crippen molar-refractivity contribution in [2.45, 2.75) is 40.0 Å². The van der Waals surface area contributed by atoms with Crippen LogP contribution in [-0.4, -0.2) is 22.7 Å². The second-order valence-electron chi connectivity index (χ2n) is 8.02. The highest BCUT2D eigenvalue weighted by Crippen LogP contribution is 2.38. The van der Waals surface area contributed by atoms with Gasteiger partial charge < -0.3 is 4.74 Å². The Morgan fingerprint density at radius 3 is 2.71 bits per heavy atom. The van der Waals surface area contributed by atoms with Crippen molar-refractivity contribution in [1.29, 1.82) is 5.26 Å². The molecule has 5 heteroatoms. The minimum Gasteiger partial charge on any atom is -0.496 e. The van der Waals surface area contributed by atoms with E-state index in [9.17, 15) is 10.1 Å². The molecule has 0 bridgehead atoms. The van der Waals surface area contributed by atoms with Crippen LogP contribution >= 0.6 is 0 Å². The largest absolute Gasteiger partial charge is 0.496 e. The fourth-order valence-electron chi connectivity index (χ4n) is 3.91. The first-order valence-corrected chi connectivity index (χ1v) is 9.64. The van der Waals surface area contributed by atoms with Crippen molar-refractivity contribution in [1.82, 2.24) is 9.78 Å². The monoisotopic (exact) mass is 377 g/mol. The third-order valence-corrected chi connectivity index (χ3v) is 6.10. The molecule has 28 heavy (non-hydrogen) atoms. The van der Waals surface area contributed by atoms with Crippen molar-refractivity contribution in [2.24, 2.45) is 18.4 Å². The summed E-state index contributed by atoms with van der Waals surface area (Å²) >= 11 is 0. The number of carbonyl (C=O) groups excluding carboxylic acids is 1. The number of ether oxygens (including phenoxy) is 1. The molecule has 1 heterocycles. The SMILES string of the molecule is COc1ccccc1-c1c2c(nn1C)CC=C(C#N)C(=O)C(C)(C)C(C)CC2. The molecule has 0 N–H and O–H groups in total. The molecule has 0 aliphatic heterocycles.